The molecule has 2 saturated carbocycles. The van der Waals surface area contributed by atoms with Gasteiger partial charge in [0.2, 0.25) is 11.8 Å². The van der Waals surface area contributed by atoms with Crippen LogP contribution >= 0.6 is 0 Å². The van der Waals surface area contributed by atoms with Crippen LogP contribution in [0.15, 0.2) is 0 Å². The van der Waals surface area contributed by atoms with Gasteiger partial charge < -0.3 is 15.4 Å². The van der Waals surface area contributed by atoms with E-state index in [2.05, 4.69) is 10.6 Å². The van der Waals surface area contributed by atoms with E-state index in [-0.39, 0.29) is 41.6 Å². The molecule has 2 bridgehead atoms. The zero-order valence-corrected chi connectivity index (χ0v) is 16.3. The van der Waals surface area contributed by atoms with Crippen molar-refractivity contribution in [2.75, 3.05) is 19.7 Å². The summed E-state index contributed by atoms with van der Waals surface area (Å²) in [5.41, 5.74) is -0.422. The van der Waals surface area contributed by atoms with E-state index in [4.69, 9.17) is 8.92 Å². The molecular formula is C17H28N2O6S. The number of amides is 2. The molecule has 1 aliphatic heterocycles. The zero-order chi connectivity index (χ0) is 19.1. The third-order valence-electron chi connectivity index (χ3n) is 6.05. The van der Waals surface area contributed by atoms with E-state index in [9.17, 15) is 18.0 Å². The average Bonchev–Trinajstić information content (AvgIpc) is 3.19. The Kier molecular flexibility index (Phi) is 5.33. The molecule has 5 unspecified atom stereocenters. The van der Waals surface area contributed by atoms with Crippen LogP contribution in [0, 0.1) is 17.3 Å². The molecule has 0 aromatic carbocycles. The van der Waals surface area contributed by atoms with Crippen LogP contribution in [0.2, 0.25) is 0 Å². The first kappa shape index (κ1) is 19.6. The van der Waals surface area contributed by atoms with Crippen molar-refractivity contribution in [3.8, 4) is 0 Å². The highest BCUT2D eigenvalue weighted by Crippen LogP contribution is 2.55. The van der Waals surface area contributed by atoms with Crippen molar-refractivity contribution in [3.63, 3.8) is 0 Å². The van der Waals surface area contributed by atoms with E-state index < -0.39 is 21.6 Å². The third kappa shape index (κ3) is 3.61. The molecule has 0 aromatic rings. The minimum Gasteiger partial charge on any atom is -0.365 e. The number of carbonyl (C=O) groups is 2. The summed E-state index contributed by atoms with van der Waals surface area (Å²) in [6.45, 7) is 6.25. The van der Waals surface area contributed by atoms with Gasteiger partial charge in [-0.1, -0.05) is 20.8 Å². The maximum Gasteiger partial charge on any atom is 0.270 e. The normalized spacial score (nSPS) is 34.0. The molecule has 5 atom stereocenters. The van der Waals surface area contributed by atoms with Crippen LogP contribution in [0.3, 0.4) is 0 Å². The van der Waals surface area contributed by atoms with Crippen LogP contribution in [0.4, 0.5) is 0 Å². The Morgan fingerprint density at radius 3 is 2.58 bits per heavy atom. The minimum absolute atomic E-state index is 0.00944. The fraction of sp³-hybridized carbons (Fsp3) is 0.882. The van der Waals surface area contributed by atoms with Crippen LogP contribution in [0.1, 0.15) is 40.0 Å². The van der Waals surface area contributed by atoms with Crippen molar-refractivity contribution in [2.45, 2.75) is 57.5 Å². The molecule has 3 fully saturated rings. The summed E-state index contributed by atoms with van der Waals surface area (Å²) in [5, 5.41) is 5.11. The molecule has 0 spiro atoms. The van der Waals surface area contributed by atoms with Gasteiger partial charge in [-0.3, -0.25) is 13.8 Å². The standard InChI is InChI=1S/C17H28N2O6S/c1-4-17(2,3)16(21)19-6-5-18-13(20)9-24-14-10-7-11-12(8-10)26(22,23)25-15(11)14/h10-12,14-15H,4-9H2,1-3H3,(H,18,20)(H,19,21). The Balaban J connectivity index is 1.36. The molecule has 2 aliphatic carbocycles. The molecule has 3 rings (SSSR count). The highest BCUT2D eigenvalue weighted by Gasteiger charge is 2.64. The van der Waals surface area contributed by atoms with Gasteiger partial charge in [0.25, 0.3) is 10.1 Å². The summed E-state index contributed by atoms with van der Waals surface area (Å²) in [6.07, 6.45) is 1.33. The number of ether oxygens (including phenoxy) is 1. The van der Waals surface area contributed by atoms with E-state index in [1.54, 1.807) is 0 Å². The molecule has 0 radical (unpaired) electrons. The Morgan fingerprint density at radius 2 is 1.88 bits per heavy atom. The lowest BCUT2D eigenvalue weighted by Gasteiger charge is -2.25. The average molecular weight is 388 g/mol. The number of carbonyl (C=O) groups excluding carboxylic acids is 2. The van der Waals surface area contributed by atoms with E-state index in [0.717, 1.165) is 12.8 Å². The monoisotopic (exact) mass is 388 g/mol. The second-order valence-corrected chi connectivity index (χ2v) is 9.89. The van der Waals surface area contributed by atoms with Crippen LogP contribution in [-0.4, -0.2) is 57.4 Å². The van der Waals surface area contributed by atoms with Gasteiger partial charge in [-0.05, 0) is 25.2 Å². The predicted octanol–water partition coefficient (Wildman–Crippen LogP) is 0.177. The molecule has 26 heavy (non-hydrogen) atoms. The van der Waals surface area contributed by atoms with Crippen molar-refractivity contribution in [2.24, 2.45) is 17.3 Å². The summed E-state index contributed by atoms with van der Waals surface area (Å²) in [4.78, 5) is 23.9. The molecule has 148 valence electrons. The lowest BCUT2D eigenvalue weighted by atomic mass is 9.89. The molecule has 1 heterocycles. The van der Waals surface area contributed by atoms with E-state index >= 15 is 0 Å². The number of fused-ring (bicyclic) bond motifs is 1. The largest absolute Gasteiger partial charge is 0.365 e. The van der Waals surface area contributed by atoms with Gasteiger partial charge in [-0.15, -0.1) is 0 Å². The molecule has 1 saturated heterocycles. The van der Waals surface area contributed by atoms with Crippen molar-refractivity contribution in [1.82, 2.24) is 10.6 Å². The summed E-state index contributed by atoms with van der Waals surface area (Å²) < 4.78 is 34.7. The molecule has 8 nitrogen and oxygen atoms in total. The first-order valence-electron chi connectivity index (χ1n) is 9.24. The van der Waals surface area contributed by atoms with Gasteiger partial charge >= 0.3 is 0 Å². The number of hydrogen-bond acceptors (Lipinski definition) is 6. The smallest absolute Gasteiger partial charge is 0.270 e. The van der Waals surface area contributed by atoms with Gasteiger partial charge in [0, 0.05) is 24.4 Å². The minimum atomic E-state index is -3.46. The van der Waals surface area contributed by atoms with Gasteiger partial charge in [-0.25, -0.2) is 0 Å². The lowest BCUT2D eigenvalue weighted by Crippen LogP contribution is -2.42. The van der Waals surface area contributed by atoms with Crippen molar-refractivity contribution in [3.05, 3.63) is 0 Å². The van der Waals surface area contributed by atoms with Crippen LogP contribution in [0.5, 0.6) is 0 Å². The highest BCUT2D eigenvalue weighted by molar-refractivity contribution is 7.87. The first-order valence-corrected chi connectivity index (χ1v) is 10.7. The number of rotatable bonds is 8. The fourth-order valence-corrected chi connectivity index (χ4v) is 5.99. The Labute approximate surface area is 154 Å². The predicted molar refractivity (Wildman–Crippen MR) is 93.6 cm³/mol. The number of nitrogens with one attached hydrogen (secondary N) is 2. The quantitative estimate of drug-likeness (QED) is 0.453. The summed E-state index contributed by atoms with van der Waals surface area (Å²) in [6, 6.07) is 0. The zero-order valence-electron chi connectivity index (χ0n) is 15.5. The molecule has 9 heteroatoms. The second-order valence-electron chi connectivity index (χ2n) is 8.11. The van der Waals surface area contributed by atoms with E-state index in [1.165, 1.54) is 0 Å². The summed E-state index contributed by atoms with van der Waals surface area (Å²) in [7, 11) is -3.46. The SMILES string of the molecule is CCC(C)(C)C(=O)NCCNC(=O)COC1C2CC3C1OS(=O)(=O)C3C2. The van der Waals surface area contributed by atoms with Crippen LogP contribution < -0.4 is 10.6 Å². The van der Waals surface area contributed by atoms with Gasteiger partial charge in [-0.2, -0.15) is 8.42 Å². The van der Waals surface area contributed by atoms with E-state index in [1.807, 2.05) is 20.8 Å². The highest BCUT2D eigenvalue weighted by atomic mass is 32.2. The number of hydrogen-bond donors (Lipinski definition) is 2. The Morgan fingerprint density at radius 1 is 1.19 bits per heavy atom. The Hall–Kier alpha value is -1.19. The lowest BCUT2D eigenvalue weighted by molar-refractivity contribution is -0.132. The van der Waals surface area contributed by atoms with E-state index in [0.29, 0.717) is 19.5 Å². The molecule has 2 amide bonds. The van der Waals surface area contributed by atoms with Crippen LogP contribution in [-0.2, 0) is 28.6 Å². The van der Waals surface area contributed by atoms with Gasteiger partial charge in [0.15, 0.2) is 0 Å². The molecule has 0 aromatic heterocycles. The van der Waals surface area contributed by atoms with Crippen molar-refractivity contribution in [1.29, 1.82) is 0 Å². The fourth-order valence-electron chi connectivity index (χ4n) is 4.11. The van der Waals surface area contributed by atoms with Crippen LogP contribution in [0.25, 0.3) is 0 Å². The molecular weight excluding hydrogens is 360 g/mol. The molecule has 3 aliphatic rings. The van der Waals surface area contributed by atoms with Gasteiger partial charge in [0.1, 0.15) is 12.7 Å². The van der Waals surface area contributed by atoms with Gasteiger partial charge in [0.05, 0.1) is 11.4 Å². The third-order valence-corrected chi connectivity index (χ3v) is 7.83. The van der Waals surface area contributed by atoms with Crippen molar-refractivity contribution >= 4 is 21.9 Å². The second kappa shape index (κ2) is 7.09. The summed E-state index contributed by atoms with van der Waals surface area (Å²) in [5.74, 6) is -0.165. The van der Waals surface area contributed by atoms with Crippen molar-refractivity contribution < 1.29 is 26.9 Å². The molecule has 2 N–H and O–H groups in total. The topological polar surface area (TPSA) is 111 Å². The maximum atomic E-state index is 11.9. The maximum absolute atomic E-state index is 11.9. The Bertz CT molecular complexity index is 677. The first-order chi connectivity index (χ1) is 12.2. The summed E-state index contributed by atoms with van der Waals surface area (Å²) >= 11 is 0.